The number of nitrogens with one attached hydrogen (secondary N) is 1. The summed E-state index contributed by atoms with van der Waals surface area (Å²) >= 11 is 0. The van der Waals surface area contributed by atoms with E-state index in [-0.39, 0.29) is 12.2 Å². The predicted octanol–water partition coefficient (Wildman–Crippen LogP) is 0.547. The molecule has 1 atom stereocenters. The van der Waals surface area contributed by atoms with Crippen molar-refractivity contribution < 1.29 is 14.6 Å². The molecule has 2 rings (SSSR count). The fraction of sp³-hybridized carbons (Fsp3) is 0.500. The van der Waals surface area contributed by atoms with Gasteiger partial charge in [-0.05, 0) is 13.8 Å². The average molecular weight is 295 g/mol. The normalized spacial score (nSPS) is 12.5. The van der Waals surface area contributed by atoms with Crippen molar-refractivity contribution in [3.8, 4) is 0 Å². The van der Waals surface area contributed by atoms with E-state index >= 15 is 0 Å². The second-order valence-electron chi connectivity index (χ2n) is 4.77. The number of nitro groups is 1. The van der Waals surface area contributed by atoms with E-state index in [1.807, 2.05) is 13.8 Å². The summed E-state index contributed by atoms with van der Waals surface area (Å²) in [6.45, 7) is 4.74. The minimum absolute atomic E-state index is 0.0918. The SMILES string of the molecule is Cc1noc(C)c1CNCC(O)Cn1cc([N+](=O)[O-])cn1. The molecule has 0 aromatic carbocycles. The van der Waals surface area contributed by atoms with Crippen molar-refractivity contribution in [2.45, 2.75) is 33.0 Å². The summed E-state index contributed by atoms with van der Waals surface area (Å²) < 4.78 is 6.39. The Kier molecular flexibility index (Phi) is 4.66. The van der Waals surface area contributed by atoms with Crippen LogP contribution >= 0.6 is 0 Å². The van der Waals surface area contributed by atoms with Crippen LogP contribution in [0.15, 0.2) is 16.9 Å². The molecule has 0 radical (unpaired) electrons. The summed E-state index contributed by atoms with van der Waals surface area (Å²) in [5, 5.41) is 31.2. The minimum atomic E-state index is -0.704. The predicted molar refractivity (Wildman–Crippen MR) is 72.6 cm³/mol. The molecule has 21 heavy (non-hydrogen) atoms. The van der Waals surface area contributed by atoms with Crippen molar-refractivity contribution in [1.29, 1.82) is 0 Å². The topological polar surface area (TPSA) is 119 Å². The maximum absolute atomic E-state index is 10.5. The van der Waals surface area contributed by atoms with Crippen LogP contribution in [0.4, 0.5) is 5.69 Å². The van der Waals surface area contributed by atoms with E-state index in [1.165, 1.54) is 10.9 Å². The van der Waals surface area contributed by atoms with Crippen LogP contribution < -0.4 is 5.32 Å². The highest BCUT2D eigenvalue weighted by molar-refractivity contribution is 5.21. The third-order valence-electron chi connectivity index (χ3n) is 3.09. The second-order valence-corrected chi connectivity index (χ2v) is 4.77. The average Bonchev–Trinajstić information content (AvgIpc) is 3.00. The van der Waals surface area contributed by atoms with Crippen LogP contribution in [0.1, 0.15) is 17.0 Å². The highest BCUT2D eigenvalue weighted by Gasteiger charge is 2.13. The lowest BCUT2D eigenvalue weighted by atomic mass is 10.2. The number of aryl methyl sites for hydroxylation is 2. The molecule has 0 bridgehead atoms. The van der Waals surface area contributed by atoms with Gasteiger partial charge in [0.25, 0.3) is 0 Å². The molecule has 2 heterocycles. The van der Waals surface area contributed by atoms with Crippen molar-refractivity contribution in [1.82, 2.24) is 20.3 Å². The summed E-state index contributed by atoms with van der Waals surface area (Å²) in [6.07, 6.45) is 1.74. The first-order chi connectivity index (χ1) is 9.97. The Morgan fingerprint density at radius 2 is 2.33 bits per heavy atom. The maximum atomic E-state index is 10.5. The number of nitrogens with zero attached hydrogens (tertiary/aromatic N) is 4. The molecular formula is C12H17N5O4. The van der Waals surface area contributed by atoms with Crippen LogP contribution in [0.3, 0.4) is 0 Å². The number of aromatic nitrogens is 3. The van der Waals surface area contributed by atoms with Gasteiger partial charge in [0.1, 0.15) is 18.2 Å². The van der Waals surface area contributed by atoms with E-state index in [4.69, 9.17) is 4.52 Å². The first-order valence-electron chi connectivity index (χ1n) is 6.44. The minimum Gasteiger partial charge on any atom is -0.390 e. The molecule has 1 unspecified atom stereocenters. The Labute approximate surface area is 120 Å². The monoisotopic (exact) mass is 295 g/mol. The van der Waals surface area contributed by atoms with Crippen LogP contribution in [0.25, 0.3) is 0 Å². The molecule has 0 amide bonds. The molecule has 2 aromatic rings. The molecule has 114 valence electrons. The zero-order chi connectivity index (χ0) is 15.4. The Bertz CT molecular complexity index is 601. The van der Waals surface area contributed by atoms with E-state index < -0.39 is 11.0 Å². The Hall–Kier alpha value is -2.26. The zero-order valence-electron chi connectivity index (χ0n) is 11.8. The van der Waals surface area contributed by atoms with Gasteiger partial charge in [0.2, 0.25) is 0 Å². The van der Waals surface area contributed by atoms with Crippen LogP contribution in [0.5, 0.6) is 0 Å². The molecule has 2 aromatic heterocycles. The summed E-state index contributed by atoms with van der Waals surface area (Å²) in [6, 6.07) is 0. The van der Waals surface area contributed by atoms with E-state index in [1.54, 1.807) is 0 Å². The van der Waals surface area contributed by atoms with Gasteiger partial charge in [-0.15, -0.1) is 0 Å². The van der Waals surface area contributed by atoms with E-state index in [9.17, 15) is 15.2 Å². The van der Waals surface area contributed by atoms with Gasteiger partial charge in [-0.25, -0.2) is 0 Å². The summed E-state index contributed by atoms with van der Waals surface area (Å²) in [5.74, 6) is 0.747. The highest BCUT2D eigenvalue weighted by Crippen LogP contribution is 2.11. The third kappa shape index (κ3) is 3.86. The fourth-order valence-corrected chi connectivity index (χ4v) is 1.95. The molecule has 0 spiro atoms. The molecule has 0 aliphatic carbocycles. The van der Waals surface area contributed by atoms with E-state index in [0.29, 0.717) is 13.1 Å². The molecule has 0 fully saturated rings. The van der Waals surface area contributed by atoms with E-state index in [0.717, 1.165) is 23.2 Å². The molecule has 0 saturated carbocycles. The highest BCUT2D eigenvalue weighted by atomic mass is 16.6. The first kappa shape index (κ1) is 15.1. The number of hydrogen-bond acceptors (Lipinski definition) is 7. The second kappa shape index (κ2) is 6.46. The lowest BCUT2D eigenvalue weighted by Gasteiger charge is -2.11. The maximum Gasteiger partial charge on any atom is 0.306 e. The van der Waals surface area contributed by atoms with Crippen molar-refractivity contribution in [3.05, 3.63) is 39.5 Å². The van der Waals surface area contributed by atoms with Gasteiger partial charge in [-0.1, -0.05) is 5.16 Å². The van der Waals surface area contributed by atoms with Crippen molar-refractivity contribution in [3.63, 3.8) is 0 Å². The zero-order valence-corrected chi connectivity index (χ0v) is 11.8. The lowest BCUT2D eigenvalue weighted by Crippen LogP contribution is -2.30. The Morgan fingerprint density at radius 3 is 2.90 bits per heavy atom. The molecule has 0 aliphatic rings. The summed E-state index contributed by atoms with van der Waals surface area (Å²) in [7, 11) is 0. The molecule has 9 nitrogen and oxygen atoms in total. The number of aliphatic hydroxyl groups is 1. The largest absolute Gasteiger partial charge is 0.390 e. The van der Waals surface area contributed by atoms with E-state index in [2.05, 4.69) is 15.6 Å². The number of hydrogen-bond donors (Lipinski definition) is 2. The molecule has 2 N–H and O–H groups in total. The van der Waals surface area contributed by atoms with Gasteiger partial charge in [-0.2, -0.15) is 5.10 Å². The van der Waals surface area contributed by atoms with Gasteiger partial charge in [0.05, 0.1) is 23.3 Å². The quantitative estimate of drug-likeness (QED) is 0.565. The smallest absolute Gasteiger partial charge is 0.306 e. The third-order valence-corrected chi connectivity index (χ3v) is 3.09. The van der Waals surface area contributed by atoms with Gasteiger partial charge in [0.15, 0.2) is 0 Å². The number of aliphatic hydroxyl groups excluding tert-OH is 1. The lowest BCUT2D eigenvalue weighted by molar-refractivity contribution is -0.385. The van der Waals surface area contributed by atoms with Crippen LogP contribution in [0, 0.1) is 24.0 Å². The van der Waals surface area contributed by atoms with Crippen LogP contribution in [-0.2, 0) is 13.1 Å². The first-order valence-corrected chi connectivity index (χ1v) is 6.44. The molecule has 0 saturated heterocycles. The van der Waals surface area contributed by atoms with Crippen LogP contribution in [0.2, 0.25) is 0 Å². The molecule has 0 aliphatic heterocycles. The molecular weight excluding hydrogens is 278 g/mol. The van der Waals surface area contributed by atoms with Gasteiger partial charge in [0, 0.05) is 18.7 Å². The Morgan fingerprint density at radius 1 is 1.57 bits per heavy atom. The van der Waals surface area contributed by atoms with Gasteiger partial charge in [-0.3, -0.25) is 14.8 Å². The number of rotatable bonds is 7. The van der Waals surface area contributed by atoms with Crippen molar-refractivity contribution >= 4 is 5.69 Å². The van der Waals surface area contributed by atoms with Gasteiger partial charge >= 0.3 is 5.69 Å². The molecule has 9 heteroatoms. The Balaban J connectivity index is 1.79. The summed E-state index contributed by atoms with van der Waals surface area (Å²) in [4.78, 5) is 10.0. The summed E-state index contributed by atoms with van der Waals surface area (Å²) in [5.41, 5.74) is 1.69. The fourth-order valence-electron chi connectivity index (χ4n) is 1.95. The van der Waals surface area contributed by atoms with Crippen molar-refractivity contribution in [2.75, 3.05) is 6.54 Å². The van der Waals surface area contributed by atoms with Crippen LogP contribution in [-0.4, -0.2) is 37.6 Å². The standard InChI is InChI=1S/C12H17N5O4/c1-8-12(9(2)21-15-8)5-13-4-11(18)7-16-6-10(3-14-16)17(19)20/h3,6,11,13,18H,4-5,7H2,1-2H3. The van der Waals surface area contributed by atoms with Crippen molar-refractivity contribution in [2.24, 2.45) is 0 Å². The van der Waals surface area contributed by atoms with Gasteiger partial charge < -0.3 is 14.9 Å².